The Bertz CT molecular complexity index is 449. The first-order valence-electron chi connectivity index (χ1n) is 5.66. The highest BCUT2D eigenvalue weighted by molar-refractivity contribution is 5.92. The number of hydrogen-bond donors (Lipinski definition) is 3. The maximum absolute atomic E-state index is 11.5. The molecule has 6 nitrogen and oxygen atoms in total. The summed E-state index contributed by atoms with van der Waals surface area (Å²) >= 11 is 0. The van der Waals surface area contributed by atoms with Gasteiger partial charge in [0.1, 0.15) is 12.1 Å². The van der Waals surface area contributed by atoms with Crippen LogP contribution in [0.4, 0.5) is 4.79 Å². The average Bonchev–Trinajstić information content (AvgIpc) is 3.17. The van der Waals surface area contributed by atoms with Gasteiger partial charge in [0.05, 0.1) is 0 Å². The van der Waals surface area contributed by atoms with Crippen LogP contribution in [0.15, 0.2) is 30.3 Å². The molecule has 1 aliphatic carbocycles. The summed E-state index contributed by atoms with van der Waals surface area (Å²) in [7, 11) is 0. The summed E-state index contributed by atoms with van der Waals surface area (Å²) in [5, 5.41) is 2.54. The molecule has 1 aromatic rings. The molecule has 4 N–H and O–H groups in total. The normalized spacial score (nSPS) is 14.8. The number of carbonyl (C=O) groups excluding carboxylic acids is 2. The van der Waals surface area contributed by atoms with Gasteiger partial charge in [0.2, 0.25) is 0 Å². The minimum atomic E-state index is -0.872. The molecule has 0 unspecified atom stereocenters. The maximum Gasteiger partial charge on any atom is 0.408 e. The van der Waals surface area contributed by atoms with Crippen molar-refractivity contribution in [1.82, 2.24) is 10.7 Å². The van der Waals surface area contributed by atoms with E-state index in [1.54, 1.807) is 0 Å². The Hall–Kier alpha value is -1.79. The highest BCUT2D eigenvalue weighted by atomic mass is 35.5. The third-order valence-electron chi connectivity index (χ3n) is 2.87. The van der Waals surface area contributed by atoms with Gasteiger partial charge < -0.3 is 10.1 Å². The van der Waals surface area contributed by atoms with E-state index in [0.29, 0.717) is 12.8 Å². The Kier molecular flexibility index (Phi) is 5.14. The van der Waals surface area contributed by atoms with Crippen LogP contribution in [0.2, 0.25) is 0 Å². The van der Waals surface area contributed by atoms with Gasteiger partial charge in [-0.1, -0.05) is 30.3 Å². The van der Waals surface area contributed by atoms with Crippen molar-refractivity contribution in [3.05, 3.63) is 35.9 Å². The van der Waals surface area contributed by atoms with Crippen molar-refractivity contribution in [1.29, 1.82) is 0 Å². The van der Waals surface area contributed by atoms with Gasteiger partial charge in [0.25, 0.3) is 5.91 Å². The number of benzene rings is 1. The molecule has 1 fully saturated rings. The molecule has 1 aromatic carbocycles. The van der Waals surface area contributed by atoms with Crippen LogP contribution in [0.1, 0.15) is 18.4 Å². The molecule has 0 saturated heterocycles. The van der Waals surface area contributed by atoms with E-state index in [1.165, 1.54) is 0 Å². The largest absolute Gasteiger partial charge is 0.445 e. The Morgan fingerprint density at radius 3 is 2.42 bits per heavy atom. The minimum absolute atomic E-state index is 0. The summed E-state index contributed by atoms with van der Waals surface area (Å²) in [4.78, 5) is 22.9. The Labute approximate surface area is 117 Å². The lowest BCUT2D eigenvalue weighted by molar-refractivity contribution is -0.124. The molecule has 0 spiro atoms. The fourth-order valence-electron chi connectivity index (χ4n) is 1.63. The van der Waals surface area contributed by atoms with Gasteiger partial charge in [-0.15, -0.1) is 12.4 Å². The summed E-state index contributed by atoms with van der Waals surface area (Å²) in [5.74, 6) is 4.66. The predicted octanol–water partition coefficient (Wildman–Crippen LogP) is 0.857. The van der Waals surface area contributed by atoms with Crippen LogP contribution < -0.4 is 16.6 Å². The van der Waals surface area contributed by atoms with Crippen molar-refractivity contribution in [3.8, 4) is 0 Å². The molecule has 19 heavy (non-hydrogen) atoms. The molecular weight excluding hydrogens is 270 g/mol. The van der Waals surface area contributed by atoms with Crippen LogP contribution in [0, 0.1) is 0 Å². The van der Waals surface area contributed by atoms with Gasteiger partial charge in [-0.05, 0) is 18.4 Å². The molecule has 0 aromatic heterocycles. The van der Waals surface area contributed by atoms with Crippen molar-refractivity contribution >= 4 is 24.4 Å². The first kappa shape index (κ1) is 15.3. The molecule has 0 atom stereocenters. The van der Waals surface area contributed by atoms with E-state index in [1.807, 2.05) is 35.8 Å². The summed E-state index contributed by atoms with van der Waals surface area (Å²) in [6, 6.07) is 9.32. The smallest absolute Gasteiger partial charge is 0.408 e. The Morgan fingerprint density at radius 2 is 1.89 bits per heavy atom. The van der Waals surface area contributed by atoms with Crippen LogP contribution in [-0.4, -0.2) is 17.5 Å². The molecular formula is C12H16ClN3O3. The molecule has 1 saturated carbocycles. The number of hydrazine groups is 1. The number of hydrogen-bond acceptors (Lipinski definition) is 4. The van der Waals surface area contributed by atoms with E-state index < -0.39 is 11.6 Å². The summed E-state index contributed by atoms with van der Waals surface area (Å²) in [5.41, 5.74) is 2.05. The number of nitrogens with two attached hydrogens (primary N) is 1. The lowest BCUT2D eigenvalue weighted by Gasteiger charge is -2.15. The Balaban J connectivity index is 0.00000180. The van der Waals surface area contributed by atoms with Crippen LogP contribution in [-0.2, 0) is 16.1 Å². The summed E-state index contributed by atoms with van der Waals surface area (Å²) in [6.07, 6.45) is 0.549. The highest BCUT2D eigenvalue weighted by Crippen LogP contribution is 2.35. The minimum Gasteiger partial charge on any atom is -0.445 e. The van der Waals surface area contributed by atoms with E-state index in [4.69, 9.17) is 10.6 Å². The van der Waals surface area contributed by atoms with Crippen molar-refractivity contribution in [2.75, 3.05) is 0 Å². The van der Waals surface area contributed by atoms with E-state index >= 15 is 0 Å². The predicted molar refractivity (Wildman–Crippen MR) is 71.3 cm³/mol. The SMILES string of the molecule is Cl.NNC(=O)C1(NC(=O)OCc2ccccc2)CC1. The second-order valence-corrected chi connectivity index (χ2v) is 4.24. The zero-order valence-corrected chi connectivity index (χ0v) is 11.0. The van der Waals surface area contributed by atoms with Gasteiger partial charge in [-0.25, -0.2) is 10.6 Å². The van der Waals surface area contributed by atoms with E-state index in [0.717, 1.165) is 5.56 Å². The second kappa shape index (κ2) is 6.40. The van der Waals surface area contributed by atoms with Crippen LogP contribution in [0.5, 0.6) is 0 Å². The van der Waals surface area contributed by atoms with Gasteiger partial charge in [-0.2, -0.15) is 0 Å². The fraction of sp³-hybridized carbons (Fsp3) is 0.333. The number of amides is 2. The van der Waals surface area contributed by atoms with Crippen LogP contribution in [0.25, 0.3) is 0 Å². The molecule has 0 radical (unpaired) electrons. The van der Waals surface area contributed by atoms with Crippen LogP contribution >= 0.6 is 12.4 Å². The van der Waals surface area contributed by atoms with Crippen molar-refractivity contribution < 1.29 is 14.3 Å². The van der Waals surface area contributed by atoms with E-state index in [-0.39, 0.29) is 24.9 Å². The fourth-order valence-corrected chi connectivity index (χ4v) is 1.63. The van der Waals surface area contributed by atoms with Crippen molar-refractivity contribution in [2.24, 2.45) is 5.84 Å². The molecule has 2 rings (SSSR count). The van der Waals surface area contributed by atoms with Crippen molar-refractivity contribution in [2.45, 2.75) is 25.0 Å². The lowest BCUT2D eigenvalue weighted by atomic mass is 10.2. The summed E-state index contributed by atoms with van der Waals surface area (Å²) < 4.78 is 5.03. The zero-order valence-electron chi connectivity index (χ0n) is 10.2. The Morgan fingerprint density at radius 1 is 1.26 bits per heavy atom. The molecule has 104 valence electrons. The van der Waals surface area contributed by atoms with Crippen molar-refractivity contribution in [3.63, 3.8) is 0 Å². The standard InChI is InChI=1S/C12H15N3O3.ClH/c13-15-10(16)12(6-7-12)14-11(17)18-8-9-4-2-1-3-5-9;/h1-5H,6-8,13H2,(H,14,17)(H,15,16);1H. The zero-order chi connectivity index (χ0) is 13.0. The third-order valence-corrected chi connectivity index (χ3v) is 2.87. The number of halogens is 1. The maximum atomic E-state index is 11.5. The van der Waals surface area contributed by atoms with Gasteiger partial charge in [0.15, 0.2) is 0 Å². The number of nitrogens with one attached hydrogen (secondary N) is 2. The number of ether oxygens (including phenoxy) is 1. The van der Waals surface area contributed by atoms with E-state index in [9.17, 15) is 9.59 Å². The summed E-state index contributed by atoms with van der Waals surface area (Å²) in [6.45, 7) is 0.174. The van der Waals surface area contributed by atoms with Gasteiger partial charge in [-0.3, -0.25) is 10.2 Å². The molecule has 0 heterocycles. The number of rotatable bonds is 4. The lowest BCUT2D eigenvalue weighted by Crippen LogP contribution is -2.51. The second-order valence-electron chi connectivity index (χ2n) is 4.24. The van der Waals surface area contributed by atoms with Gasteiger partial charge >= 0.3 is 6.09 Å². The molecule has 0 aliphatic heterocycles. The quantitative estimate of drug-likeness (QED) is 0.434. The monoisotopic (exact) mass is 285 g/mol. The number of carbonyl (C=O) groups is 2. The van der Waals surface area contributed by atoms with Gasteiger partial charge in [0, 0.05) is 0 Å². The highest BCUT2D eigenvalue weighted by Gasteiger charge is 2.51. The molecule has 7 heteroatoms. The molecule has 0 bridgehead atoms. The molecule has 2 amide bonds. The number of alkyl carbamates (subject to hydrolysis) is 1. The first-order chi connectivity index (χ1) is 8.66. The van der Waals surface area contributed by atoms with E-state index in [2.05, 4.69) is 5.32 Å². The molecule has 1 aliphatic rings. The third kappa shape index (κ3) is 3.84. The topological polar surface area (TPSA) is 93.5 Å². The average molecular weight is 286 g/mol. The first-order valence-corrected chi connectivity index (χ1v) is 5.66. The van der Waals surface area contributed by atoms with Crippen LogP contribution in [0.3, 0.4) is 0 Å².